The van der Waals surface area contributed by atoms with Crippen molar-refractivity contribution in [1.82, 2.24) is 0 Å². The lowest BCUT2D eigenvalue weighted by Crippen LogP contribution is -1.92. The van der Waals surface area contributed by atoms with E-state index < -0.39 is 0 Å². The summed E-state index contributed by atoms with van der Waals surface area (Å²) in [5.74, 6) is 0.244. The first-order chi connectivity index (χ1) is 12.6. The van der Waals surface area contributed by atoms with E-state index in [1.807, 2.05) is 84.9 Å². The van der Waals surface area contributed by atoms with Crippen molar-refractivity contribution in [2.45, 2.75) is 13.8 Å². The lowest BCUT2D eigenvalue weighted by molar-refractivity contribution is 0.101. The molecule has 0 aliphatic heterocycles. The number of ketones is 2. The van der Waals surface area contributed by atoms with Gasteiger partial charge in [0.15, 0.2) is 11.6 Å². The van der Waals surface area contributed by atoms with Gasteiger partial charge in [0.1, 0.15) is 0 Å². The topological polar surface area (TPSA) is 34.1 Å². The molecule has 2 heteroatoms. The molecule has 0 N–H and O–H groups in total. The van der Waals surface area contributed by atoms with Gasteiger partial charge in [-0.15, -0.1) is 0 Å². The first kappa shape index (κ1) is 17.6. The first-order valence-corrected chi connectivity index (χ1v) is 8.55. The summed E-state index contributed by atoms with van der Waals surface area (Å²) in [6, 6.07) is 27.4. The molecule has 0 radical (unpaired) electrons. The van der Waals surface area contributed by atoms with Crippen LogP contribution < -0.4 is 0 Å². The third-order valence-corrected chi connectivity index (χ3v) is 4.34. The number of fused-ring (bicyclic) bond motifs is 2. The standard InChI is InChI=1S/2C12H10O/c2*1-9(13)11-8-4-6-10-5-2-3-7-12(10)11/h2*2-8H,1H3. The monoisotopic (exact) mass is 340 g/mol. The zero-order valence-electron chi connectivity index (χ0n) is 14.9. The van der Waals surface area contributed by atoms with Crippen molar-refractivity contribution < 1.29 is 9.59 Å². The van der Waals surface area contributed by atoms with Gasteiger partial charge in [-0.3, -0.25) is 9.59 Å². The molecule has 0 atom stereocenters. The lowest BCUT2D eigenvalue weighted by Gasteiger charge is -2.01. The van der Waals surface area contributed by atoms with Crippen LogP contribution in [0.3, 0.4) is 0 Å². The molecule has 0 bridgehead atoms. The van der Waals surface area contributed by atoms with Crippen molar-refractivity contribution in [2.75, 3.05) is 0 Å². The first-order valence-electron chi connectivity index (χ1n) is 8.55. The van der Waals surface area contributed by atoms with Crippen LogP contribution in [-0.4, -0.2) is 11.6 Å². The van der Waals surface area contributed by atoms with Gasteiger partial charge >= 0.3 is 0 Å². The molecular formula is C24H20O2. The molecular weight excluding hydrogens is 320 g/mol. The zero-order valence-corrected chi connectivity index (χ0v) is 14.9. The van der Waals surface area contributed by atoms with Crippen molar-refractivity contribution in [3.8, 4) is 0 Å². The third-order valence-electron chi connectivity index (χ3n) is 4.34. The van der Waals surface area contributed by atoms with Gasteiger partial charge in [-0.2, -0.15) is 0 Å². The van der Waals surface area contributed by atoms with Crippen molar-refractivity contribution in [3.05, 3.63) is 96.1 Å². The van der Waals surface area contributed by atoms with Gasteiger partial charge in [-0.25, -0.2) is 0 Å². The Morgan fingerprint density at radius 2 is 0.846 bits per heavy atom. The number of Topliss-reactive ketones (excluding diaryl/α,β-unsaturated/α-hetero) is 2. The van der Waals surface area contributed by atoms with Crippen LogP contribution in [0, 0.1) is 0 Å². The highest BCUT2D eigenvalue weighted by Crippen LogP contribution is 2.19. The Labute approximate surface area is 153 Å². The molecule has 0 heterocycles. The number of hydrogen-bond donors (Lipinski definition) is 0. The summed E-state index contributed by atoms with van der Waals surface area (Å²) in [6.45, 7) is 3.20. The third kappa shape index (κ3) is 3.70. The van der Waals surface area contributed by atoms with Gasteiger partial charge in [0.25, 0.3) is 0 Å². The van der Waals surface area contributed by atoms with Crippen LogP contribution >= 0.6 is 0 Å². The summed E-state index contributed by atoms with van der Waals surface area (Å²) in [5, 5.41) is 4.32. The van der Waals surface area contributed by atoms with Crippen LogP contribution in [0.15, 0.2) is 84.9 Å². The summed E-state index contributed by atoms with van der Waals surface area (Å²) in [6.07, 6.45) is 0. The molecule has 0 aliphatic rings. The maximum absolute atomic E-state index is 11.3. The molecule has 0 fully saturated rings. The second kappa shape index (κ2) is 7.75. The van der Waals surface area contributed by atoms with Gasteiger partial charge in [0, 0.05) is 11.1 Å². The molecule has 128 valence electrons. The highest BCUT2D eigenvalue weighted by Gasteiger charge is 2.03. The number of hydrogen-bond acceptors (Lipinski definition) is 2. The van der Waals surface area contributed by atoms with E-state index >= 15 is 0 Å². The smallest absolute Gasteiger partial charge is 0.160 e. The van der Waals surface area contributed by atoms with E-state index in [9.17, 15) is 9.59 Å². The average Bonchev–Trinajstić information content (AvgIpc) is 2.67. The van der Waals surface area contributed by atoms with E-state index in [1.54, 1.807) is 13.8 Å². The minimum atomic E-state index is 0.122. The normalized spacial score (nSPS) is 10.2. The molecule has 26 heavy (non-hydrogen) atoms. The average molecular weight is 340 g/mol. The molecule has 0 aromatic heterocycles. The van der Waals surface area contributed by atoms with E-state index in [-0.39, 0.29) is 11.6 Å². The Hall–Kier alpha value is -3.26. The number of benzene rings is 4. The summed E-state index contributed by atoms with van der Waals surface area (Å²) < 4.78 is 0. The molecule has 0 saturated heterocycles. The second-order valence-electron chi connectivity index (χ2n) is 6.17. The SMILES string of the molecule is CC(=O)c1cccc2ccccc12.CC(=O)c1cccc2ccccc12. The molecule has 2 nitrogen and oxygen atoms in total. The predicted molar refractivity (Wildman–Crippen MR) is 108 cm³/mol. The minimum absolute atomic E-state index is 0.122. The Bertz CT molecular complexity index is 994. The fourth-order valence-corrected chi connectivity index (χ4v) is 3.06. The number of rotatable bonds is 2. The van der Waals surface area contributed by atoms with Gasteiger partial charge in [-0.1, -0.05) is 84.9 Å². The van der Waals surface area contributed by atoms with Crippen molar-refractivity contribution in [3.63, 3.8) is 0 Å². The minimum Gasteiger partial charge on any atom is -0.294 e. The van der Waals surface area contributed by atoms with E-state index in [1.165, 1.54) is 0 Å². The van der Waals surface area contributed by atoms with Crippen LogP contribution in [0.1, 0.15) is 34.6 Å². The van der Waals surface area contributed by atoms with Crippen LogP contribution in [0.25, 0.3) is 21.5 Å². The quantitative estimate of drug-likeness (QED) is 0.414. The Balaban J connectivity index is 0.000000151. The fraction of sp³-hybridized carbons (Fsp3) is 0.0833. The zero-order chi connectivity index (χ0) is 18.5. The molecule has 0 unspecified atom stereocenters. The van der Waals surface area contributed by atoms with E-state index in [0.717, 1.165) is 32.7 Å². The molecule has 0 amide bonds. The van der Waals surface area contributed by atoms with E-state index in [4.69, 9.17) is 0 Å². The summed E-state index contributed by atoms with van der Waals surface area (Å²) in [7, 11) is 0. The van der Waals surface area contributed by atoms with Crippen LogP contribution in [0.4, 0.5) is 0 Å². The second-order valence-corrected chi connectivity index (χ2v) is 6.17. The molecule has 4 aromatic rings. The highest BCUT2D eigenvalue weighted by atomic mass is 16.1. The van der Waals surface area contributed by atoms with Crippen LogP contribution in [-0.2, 0) is 0 Å². The van der Waals surface area contributed by atoms with Crippen molar-refractivity contribution >= 4 is 33.1 Å². The van der Waals surface area contributed by atoms with Crippen molar-refractivity contribution in [2.24, 2.45) is 0 Å². The van der Waals surface area contributed by atoms with Gasteiger partial charge in [0.2, 0.25) is 0 Å². The summed E-state index contributed by atoms with van der Waals surface area (Å²) in [4.78, 5) is 22.5. The fourth-order valence-electron chi connectivity index (χ4n) is 3.06. The Morgan fingerprint density at radius 3 is 1.23 bits per heavy atom. The van der Waals surface area contributed by atoms with E-state index in [2.05, 4.69) is 0 Å². The summed E-state index contributed by atoms with van der Waals surface area (Å²) in [5.41, 5.74) is 1.61. The highest BCUT2D eigenvalue weighted by molar-refractivity contribution is 6.07. The van der Waals surface area contributed by atoms with Crippen LogP contribution in [0.2, 0.25) is 0 Å². The number of carbonyl (C=O) groups excluding carboxylic acids is 2. The molecule has 4 rings (SSSR count). The van der Waals surface area contributed by atoms with E-state index in [0.29, 0.717) is 0 Å². The van der Waals surface area contributed by atoms with Gasteiger partial charge < -0.3 is 0 Å². The Kier molecular flexibility index (Phi) is 5.23. The van der Waals surface area contributed by atoms with Crippen LogP contribution in [0.5, 0.6) is 0 Å². The van der Waals surface area contributed by atoms with Gasteiger partial charge in [-0.05, 0) is 35.4 Å². The predicted octanol–water partition coefficient (Wildman–Crippen LogP) is 6.08. The largest absolute Gasteiger partial charge is 0.294 e. The molecule has 0 saturated carbocycles. The lowest BCUT2D eigenvalue weighted by atomic mass is 10.0. The summed E-state index contributed by atoms with van der Waals surface area (Å²) >= 11 is 0. The number of carbonyl (C=O) groups is 2. The van der Waals surface area contributed by atoms with Gasteiger partial charge in [0.05, 0.1) is 0 Å². The molecule has 0 spiro atoms. The maximum atomic E-state index is 11.3. The molecule has 4 aromatic carbocycles. The Morgan fingerprint density at radius 1 is 0.500 bits per heavy atom. The molecule has 0 aliphatic carbocycles. The maximum Gasteiger partial charge on any atom is 0.160 e. The van der Waals surface area contributed by atoms with Crippen molar-refractivity contribution in [1.29, 1.82) is 0 Å².